The highest BCUT2D eigenvalue weighted by Crippen LogP contribution is 2.29. The number of halogens is 1. The number of nitrogens with zero attached hydrogens (tertiary/aromatic N) is 2. The van der Waals surface area contributed by atoms with E-state index in [1.54, 1.807) is 0 Å². The number of aromatic amines is 1. The number of carboxylic acids is 1. The van der Waals surface area contributed by atoms with Gasteiger partial charge in [-0.15, -0.1) is 0 Å². The fourth-order valence-corrected chi connectivity index (χ4v) is 3.61. The van der Waals surface area contributed by atoms with E-state index in [2.05, 4.69) is 62.3 Å². The highest BCUT2D eigenvalue weighted by molar-refractivity contribution is 6.12. The van der Waals surface area contributed by atoms with Crippen LogP contribution in [0.25, 0.3) is 6.08 Å². The Labute approximate surface area is 209 Å². The molecule has 0 atom stereocenters. The van der Waals surface area contributed by atoms with E-state index >= 15 is 0 Å². The summed E-state index contributed by atoms with van der Waals surface area (Å²) in [6.45, 7) is 7.15. The Morgan fingerprint density at radius 3 is 2.35 bits per heavy atom. The predicted octanol–water partition coefficient (Wildman–Crippen LogP) is 5.76. The molecule has 0 aliphatic carbocycles. The molecule has 0 saturated carbocycles. The summed E-state index contributed by atoms with van der Waals surface area (Å²) < 4.78 is 7.42. The second-order valence-corrected chi connectivity index (χ2v) is 8.96. The van der Waals surface area contributed by atoms with Crippen LogP contribution in [0.3, 0.4) is 0 Å². The molecule has 0 unspecified atom stereocenters. The minimum atomic E-state index is -0.780. The number of aromatic nitrogens is 1. The SMILES string of the molecule is CC.Cc1cc(CCC(=O)O)[nH]c1/C=C1\N=C(c2ccccc2)C=C1CCC[N+](C)(C)C.OCl. The average molecular weight is 489 g/mol. The molecule has 1 aliphatic heterocycles. The van der Waals surface area contributed by atoms with Gasteiger partial charge in [0.15, 0.2) is 0 Å². The molecule has 6 nitrogen and oxygen atoms in total. The smallest absolute Gasteiger partial charge is 0.303 e. The summed E-state index contributed by atoms with van der Waals surface area (Å²) in [5, 5.41) is 8.94. The number of H-pyrrole nitrogens is 1. The van der Waals surface area contributed by atoms with Crippen LogP contribution in [-0.2, 0) is 11.2 Å². The van der Waals surface area contributed by atoms with E-state index in [-0.39, 0.29) is 6.42 Å². The molecule has 2 heterocycles. The van der Waals surface area contributed by atoms with E-state index < -0.39 is 5.97 Å². The Morgan fingerprint density at radius 2 is 1.76 bits per heavy atom. The van der Waals surface area contributed by atoms with E-state index in [0.29, 0.717) is 6.42 Å². The number of carbonyl (C=O) groups is 1. The number of aliphatic imine (C=N–C) groups is 1. The molecule has 7 heteroatoms. The molecule has 0 radical (unpaired) electrons. The topological polar surface area (TPSA) is 85.7 Å². The third-order valence-electron chi connectivity index (χ3n) is 5.23. The van der Waals surface area contributed by atoms with Crippen LogP contribution < -0.4 is 0 Å². The number of aryl methyl sites for hydroxylation is 2. The van der Waals surface area contributed by atoms with Crippen LogP contribution in [0.5, 0.6) is 0 Å². The second kappa shape index (κ2) is 14.6. The van der Waals surface area contributed by atoms with Crippen molar-refractivity contribution in [2.24, 2.45) is 4.99 Å². The molecule has 34 heavy (non-hydrogen) atoms. The van der Waals surface area contributed by atoms with Gasteiger partial charge >= 0.3 is 5.97 Å². The lowest BCUT2D eigenvalue weighted by Crippen LogP contribution is -2.35. The maximum atomic E-state index is 10.9. The van der Waals surface area contributed by atoms with Gasteiger partial charge in [-0.2, -0.15) is 0 Å². The highest BCUT2D eigenvalue weighted by Gasteiger charge is 2.18. The van der Waals surface area contributed by atoms with Crippen LogP contribution in [0.4, 0.5) is 0 Å². The third-order valence-corrected chi connectivity index (χ3v) is 5.23. The van der Waals surface area contributed by atoms with E-state index in [0.717, 1.165) is 57.8 Å². The van der Waals surface area contributed by atoms with E-state index in [9.17, 15) is 4.79 Å². The normalized spacial score (nSPS) is 13.9. The quantitative estimate of drug-likeness (QED) is 0.392. The fourth-order valence-electron chi connectivity index (χ4n) is 3.61. The Kier molecular flexibility index (Phi) is 12.6. The summed E-state index contributed by atoms with van der Waals surface area (Å²) in [5.74, 6) is -0.780. The summed E-state index contributed by atoms with van der Waals surface area (Å²) in [7, 11) is 6.64. The van der Waals surface area contributed by atoms with E-state index in [4.69, 9.17) is 14.8 Å². The zero-order valence-electron chi connectivity index (χ0n) is 21.2. The molecule has 3 rings (SSSR count). The summed E-state index contributed by atoms with van der Waals surface area (Å²) >= 11 is 3.64. The molecular formula is C27H39ClN3O3+. The van der Waals surface area contributed by atoms with Gasteiger partial charge in [0.05, 0.1) is 57.4 Å². The zero-order valence-corrected chi connectivity index (χ0v) is 22.0. The number of nitrogens with one attached hydrogen (secondary N) is 1. The van der Waals surface area contributed by atoms with Crippen LogP contribution >= 0.6 is 11.9 Å². The van der Waals surface area contributed by atoms with Crippen LogP contribution in [0.15, 0.2) is 58.7 Å². The molecule has 1 aromatic heterocycles. The van der Waals surface area contributed by atoms with Gasteiger partial charge in [-0.3, -0.25) is 9.45 Å². The number of aliphatic carboxylic acids is 1. The number of hydrogen-bond donors (Lipinski definition) is 3. The second-order valence-electron chi connectivity index (χ2n) is 8.96. The molecule has 0 saturated heterocycles. The van der Waals surface area contributed by atoms with Gasteiger partial charge in [-0.1, -0.05) is 44.2 Å². The number of allylic oxidation sites excluding steroid dienone is 2. The standard InChI is InChI=1S/C25H31N3O2.C2H6.ClHO/c1-18-15-21(12-13-25(29)30)26-22(18)17-24-20(11-8-14-28(2,3)4)16-23(27-24)19-9-6-5-7-10-19;2*1-2/h5-7,9-10,15-17H,8,11-14H2,1-4H3,(H-,26,27,29,30);1-2H3;2H/p+1. The minimum Gasteiger partial charge on any atom is -0.481 e. The van der Waals surface area contributed by atoms with E-state index in [1.807, 2.05) is 45.0 Å². The first-order chi connectivity index (χ1) is 16.2. The van der Waals surface area contributed by atoms with Crippen LogP contribution in [0, 0.1) is 6.92 Å². The molecule has 0 amide bonds. The van der Waals surface area contributed by atoms with Gasteiger partial charge in [-0.05, 0) is 49.1 Å². The number of carboxylic acid groups (broad SMARTS) is 1. The van der Waals surface area contributed by atoms with Crippen molar-refractivity contribution in [2.45, 2.75) is 46.5 Å². The summed E-state index contributed by atoms with van der Waals surface area (Å²) in [6.07, 6.45) is 7.02. The predicted molar refractivity (Wildman–Crippen MR) is 142 cm³/mol. The molecule has 186 valence electrons. The van der Waals surface area contributed by atoms with E-state index in [1.165, 1.54) is 5.57 Å². The third kappa shape index (κ3) is 9.67. The molecule has 2 aromatic rings. The highest BCUT2D eigenvalue weighted by atomic mass is 35.5. The molecule has 0 fully saturated rings. The number of hydrogen-bond acceptors (Lipinski definition) is 3. The average Bonchev–Trinajstić information content (AvgIpc) is 3.38. The lowest BCUT2D eigenvalue weighted by molar-refractivity contribution is -0.870. The Morgan fingerprint density at radius 1 is 1.12 bits per heavy atom. The molecule has 1 aliphatic rings. The monoisotopic (exact) mass is 488 g/mol. The van der Waals surface area contributed by atoms with Crippen molar-refractivity contribution >= 4 is 29.6 Å². The van der Waals surface area contributed by atoms with Crippen LogP contribution in [0.1, 0.15) is 55.6 Å². The lowest BCUT2D eigenvalue weighted by Gasteiger charge is -2.23. The molecule has 0 bridgehead atoms. The maximum Gasteiger partial charge on any atom is 0.303 e. The van der Waals surface area contributed by atoms with Gasteiger partial charge in [0.25, 0.3) is 0 Å². The van der Waals surface area contributed by atoms with Crippen molar-refractivity contribution in [3.05, 3.63) is 76.3 Å². The fraction of sp³-hybridized carbons (Fsp3) is 0.407. The lowest BCUT2D eigenvalue weighted by atomic mass is 10.0. The number of quaternary nitrogens is 1. The maximum absolute atomic E-state index is 10.9. The first kappa shape index (κ1) is 29.4. The van der Waals surface area contributed by atoms with Crippen LogP contribution in [0.2, 0.25) is 0 Å². The first-order valence-corrected chi connectivity index (χ1v) is 12.0. The van der Waals surface area contributed by atoms with Crippen molar-refractivity contribution in [1.29, 1.82) is 0 Å². The van der Waals surface area contributed by atoms with Crippen molar-refractivity contribution in [3.8, 4) is 0 Å². The van der Waals surface area contributed by atoms with Gasteiger partial charge in [0.1, 0.15) is 0 Å². The first-order valence-electron chi connectivity index (χ1n) is 11.7. The molecule has 0 spiro atoms. The van der Waals surface area contributed by atoms with Crippen LogP contribution in [-0.4, -0.2) is 58.6 Å². The van der Waals surface area contributed by atoms with Gasteiger partial charge in [-0.25, -0.2) is 4.99 Å². The zero-order chi connectivity index (χ0) is 25.7. The van der Waals surface area contributed by atoms with Crippen molar-refractivity contribution in [3.63, 3.8) is 0 Å². The summed E-state index contributed by atoms with van der Waals surface area (Å²) in [5.41, 5.74) is 7.42. The molecular weight excluding hydrogens is 450 g/mol. The largest absolute Gasteiger partial charge is 0.481 e. The van der Waals surface area contributed by atoms with Gasteiger partial charge in [0.2, 0.25) is 0 Å². The Balaban J connectivity index is 0.00000137. The summed E-state index contributed by atoms with van der Waals surface area (Å²) in [4.78, 5) is 19.2. The van der Waals surface area contributed by atoms with Crippen molar-refractivity contribution in [2.75, 3.05) is 27.7 Å². The number of benzene rings is 1. The molecule has 1 aromatic carbocycles. The molecule has 3 N–H and O–H groups in total. The van der Waals surface area contributed by atoms with Gasteiger partial charge in [0, 0.05) is 23.4 Å². The minimum absolute atomic E-state index is 0.127. The summed E-state index contributed by atoms with van der Waals surface area (Å²) in [6, 6.07) is 12.3. The Bertz CT molecular complexity index is 1000. The van der Waals surface area contributed by atoms with Gasteiger partial charge < -0.3 is 14.6 Å². The van der Waals surface area contributed by atoms with Crippen molar-refractivity contribution in [1.82, 2.24) is 4.98 Å². The number of rotatable bonds is 9. The van der Waals surface area contributed by atoms with Crippen molar-refractivity contribution < 1.29 is 19.0 Å². The Hall–Kier alpha value is -2.67.